The van der Waals surface area contributed by atoms with Gasteiger partial charge < -0.3 is 4.74 Å². The SMILES string of the molecule is COC(=O)CCSc1nnc(-c2ccc(Br)cc2)s1. The number of rotatable bonds is 5. The monoisotopic (exact) mass is 358 g/mol. The maximum absolute atomic E-state index is 11.0. The van der Waals surface area contributed by atoms with Gasteiger partial charge in [-0.1, -0.05) is 51.2 Å². The summed E-state index contributed by atoms with van der Waals surface area (Å²) < 4.78 is 6.48. The lowest BCUT2D eigenvalue weighted by Crippen LogP contribution is -2.00. The summed E-state index contributed by atoms with van der Waals surface area (Å²) in [4.78, 5) is 11.0. The molecule has 0 N–H and O–H groups in total. The van der Waals surface area contributed by atoms with Crippen LogP contribution in [0.15, 0.2) is 33.1 Å². The van der Waals surface area contributed by atoms with Gasteiger partial charge in [-0.3, -0.25) is 4.79 Å². The molecule has 0 spiro atoms. The van der Waals surface area contributed by atoms with E-state index in [0.29, 0.717) is 12.2 Å². The number of aromatic nitrogens is 2. The first-order chi connectivity index (χ1) is 9.19. The first-order valence-corrected chi connectivity index (χ1v) is 8.07. The minimum absolute atomic E-state index is 0.204. The number of halogens is 1. The van der Waals surface area contributed by atoms with Gasteiger partial charge >= 0.3 is 5.97 Å². The molecule has 4 nitrogen and oxygen atoms in total. The van der Waals surface area contributed by atoms with Crippen molar-refractivity contribution in [1.82, 2.24) is 10.2 Å². The Hall–Kier alpha value is -0.920. The van der Waals surface area contributed by atoms with Crippen molar-refractivity contribution in [1.29, 1.82) is 0 Å². The van der Waals surface area contributed by atoms with Crippen LogP contribution in [0.25, 0.3) is 10.6 Å². The van der Waals surface area contributed by atoms with Gasteiger partial charge in [0.05, 0.1) is 13.5 Å². The van der Waals surface area contributed by atoms with Gasteiger partial charge in [-0.15, -0.1) is 10.2 Å². The van der Waals surface area contributed by atoms with Crippen LogP contribution >= 0.6 is 39.0 Å². The van der Waals surface area contributed by atoms with Gasteiger partial charge in [0.15, 0.2) is 4.34 Å². The van der Waals surface area contributed by atoms with Gasteiger partial charge in [-0.25, -0.2) is 0 Å². The van der Waals surface area contributed by atoms with Crippen LogP contribution in [0.5, 0.6) is 0 Å². The topological polar surface area (TPSA) is 52.1 Å². The summed E-state index contributed by atoms with van der Waals surface area (Å²) in [5.41, 5.74) is 1.04. The van der Waals surface area contributed by atoms with Crippen LogP contribution in [0.2, 0.25) is 0 Å². The van der Waals surface area contributed by atoms with Crippen molar-refractivity contribution in [2.75, 3.05) is 12.9 Å². The zero-order chi connectivity index (χ0) is 13.7. The van der Waals surface area contributed by atoms with Crippen molar-refractivity contribution < 1.29 is 9.53 Å². The van der Waals surface area contributed by atoms with Crippen molar-refractivity contribution in [2.45, 2.75) is 10.8 Å². The zero-order valence-corrected chi connectivity index (χ0v) is 13.3. The highest BCUT2D eigenvalue weighted by Gasteiger charge is 2.08. The van der Waals surface area contributed by atoms with Crippen molar-refractivity contribution in [2.24, 2.45) is 0 Å². The first-order valence-electron chi connectivity index (χ1n) is 5.48. The normalized spacial score (nSPS) is 10.4. The van der Waals surface area contributed by atoms with Crippen LogP contribution in [-0.4, -0.2) is 29.0 Å². The number of methoxy groups -OCH3 is 1. The summed E-state index contributed by atoms with van der Waals surface area (Å²) in [5, 5.41) is 9.14. The smallest absolute Gasteiger partial charge is 0.306 e. The number of carbonyl (C=O) groups is 1. The van der Waals surface area contributed by atoms with Crippen molar-refractivity contribution in [3.8, 4) is 10.6 Å². The first kappa shape index (κ1) is 14.5. The van der Waals surface area contributed by atoms with Gasteiger partial charge in [-0.2, -0.15) is 0 Å². The van der Waals surface area contributed by atoms with Gasteiger partial charge in [-0.05, 0) is 12.1 Å². The number of carbonyl (C=O) groups excluding carboxylic acids is 1. The van der Waals surface area contributed by atoms with E-state index in [1.165, 1.54) is 30.2 Å². The van der Waals surface area contributed by atoms with E-state index in [2.05, 4.69) is 30.9 Å². The lowest BCUT2D eigenvalue weighted by Gasteiger charge is -1.96. The van der Waals surface area contributed by atoms with E-state index in [1.807, 2.05) is 24.3 Å². The van der Waals surface area contributed by atoms with Crippen molar-refractivity contribution >= 4 is 45.0 Å². The molecular weight excluding hydrogens is 348 g/mol. The number of esters is 1. The number of nitrogens with zero attached hydrogens (tertiary/aromatic N) is 2. The van der Waals surface area contributed by atoms with Crippen LogP contribution in [0.1, 0.15) is 6.42 Å². The second kappa shape index (κ2) is 7.02. The summed E-state index contributed by atoms with van der Waals surface area (Å²) >= 11 is 6.44. The third-order valence-corrected chi connectivity index (χ3v) is 4.89. The lowest BCUT2D eigenvalue weighted by atomic mass is 10.2. The van der Waals surface area contributed by atoms with Crippen LogP contribution in [0.3, 0.4) is 0 Å². The summed E-state index contributed by atoms with van der Waals surface area (Å²) in [6.45, 7) is 0. The molecule has 0 fully saturated rings. The Morgan fingerprint density at radius 1 is 1.37 bits per heavy atom. The third kappa shape index (κ3) is 4.29. The predicted octanol–water partition coefficient (Wildman–Crippen LogP) is 3.62. The molecule has 0 aliphatic heterocycles. The Kier molecular flexibility index (Phi) is 5.35. The molecule has 7 heteroatoms. The Bertz CT molecular complexity index is 557. The number of benzene rings is 1. The molecule has 1 aromatic carbocycles. The van der Waals surface area contributed by atoms with E-state index in [0.717, 1.165) is 19.4 Å². The average Bonchev–Trinajstić information content (AvgIpc) is 2.88. The molecule has 19 heavy (non-hydrogen) atoms. The predicted molar refractivity (Wildman–Crippen MR) is 80.4 cm³/mol. The molecule has 2 aromatic rings. The van der Waals surface area contributed by atoms with Crippen LogP contribution < -0.4 is 0 Å². The van der Waals surface area contributed by atoms with E-state index in [1.54, 1.807) is 0 Å². The molecular formula is C12H11BrN2O2S2. The summed E-state index contributed by atoms with van der Waals surface area (Å²) in [5.74, 6) is 0.451. The molecule has 0 atom stereocenters. The molecule has 0 saturated heterocycles. The number of ether oxygens (including phenoxy) is 1. The largest absolute Gasteiger partial charge is 0.469 e. The van der Waals surface area contributed by atoms with E-state index in [9.17, 15) is 4.79 Å². The van der Waals surface area contributed by atoms with Gasteiger partial charge in [0.25, 0.3) is 0 Å². The second-order valence-electron chi connectivity index (χ2n) is 3.55. The Balaban J connectivity index is 1.95. The number of thioether (sulfide) groups is 1. The standard InChI is InChI=1S/C12H11BrN2O2S2/c1-17-10(16)6-7-18-12-15-14-11(19-12)8-2-4-9(13)5-3-8/h2-5H,6-7H2,1H3. The second-order valence-corrected chi connectivity index (χ2v) is 6.79. The van der Waals surface area contributed by atoms with Crippen molar-refractivity contribution in [3.63, 3.8) is 0 Å². The van der Waals surface area contributed by atoms with Crippen LogP contribution in [-0.2, 0) is 9.53 Å². The maximum Gasteiger partial charge on any atom is 0.306 e. The highest BCUT2D eigenvalue weighted by molar-refractivity contribution is 9.10. The van der Waals surface area contributed by atoms with Gasteiger partial charge in [0, 0.05) is 15.8 Å². The molecule has 0 radical (unpaired) electrons. The minimum atomic E-state index is -0.204. The summed E-state index contributed by atoms with van der Waals surface area (Å²) in [7, 11) is 1.39. The summed E-state index contributed by atoms with van der Waals surface area (Å²) in [6.07, 6.45) is 0.383. The quantitative estimate of drug-likeness (QED) is 0.603. The Morgan fingerprint density at radius 3 is 2.79 bits per heavy atom. The fraction of sp³-hybridized carbons (Fsp3) is 0.250. The number of hydrogen-bond donors (Lipinski definition) is 0. The molecule has 0 amide bonds. The zero-order valence-electron chi connectivity index (χ0n) is 10.1. The molecule has 0 aliphatic carbocycles. The van der Waals surface area contributed by atoms with E-state index in [-0.39, 0.29) is 5.97 Å². The van der Waals surface area contributed by atoms with Crippen molar-refractivity contribution in [3.05, 3.63) is 28.7 Å². The number of hydrogen-bond acceptors (Lipinski definition) is 6. The minimum Gasteiger partial charge on any atom is -0.469 e. The molecule has 100 valence electrons. The molecule has 1 aromatic heterocycles. The van der Waals surface area contributed by atoms with E-state index >= 15 is 0 Å². The molecule has 0 bridgehead atoms. The van der Waals surface area contributed by atoms with Crippen LogP contribution in [0.4, 0.5) is 0 Å². The third-order valence-electron chi connectivity index (χ3n) is 2.26. The molecule has 1 heterocycles. The van der Waals surface area contributed by atoms with Crippen LogP contribution in [0, 0.1) is 0 Å². The average molecular weight is 359 g/mol. The Morgan fingerprint density at radius 2 is 2.11 bits per heavy atom. The molecule has 0 unspecified atom stereocenters. The fourth-order valence-corrected chi connectivity index (χ4v) is 3.41. The fourth-order valence-electron chi connectivity index (χ4n) is 1.30. The molecule has 2 rings (SSSR count). The van der Waals surface area contributed by atoms with Gasteiger partial charge in [0.2, 0.25) is 0 Å². The molecule has 0 aliphatic rings. The van der Waals surface area contributed by atoms with E-state index in [4.69, 9.17) is 0 Å². The summed E-state index contributed by atoms with van der Waals surface area (Å²) in [6, 6.07) is 7.93. The van der Waals surface area contributed by atoms with Gasteiger partial charge in [0.1, 0.15) is 5.01 Å². The lowest BCUT2D eigenvalue weighted by molar-refractivity contribution is -0.140. The highest BCUT2D eigenvalue weighted by atomic mass is 79.9. The Labute approximate surface area is 127 Å². The highest BCUT2D eigenvalue weighted by Crippen LogP contribution is 2.30. The maximum atomic E-state index is 11.0. The molecule has 0 saturated carbocycles. The van der Waals surface area contributed by atoms with E-state index < -0.39 is 0 Å².